The molecule has 0 saturated heterocycles. The van der Waals surface area contributed by atoms with Crippen LogP contribution >= 0.6 is 0 Å². The number of carbonyl (C=O) groups excluding carboxylic acids is 1. The molecule has 168 valence electrons. The Morgan fingerprint density at radius 2 is 1.88 bits per heavy atom. The first-order valence-corrected chi connectivity index (χ1v) is 11.4. The number of anilines is 1. The highest BCUT2D eigenvalue weighted by Gasteiger charge is 2.16. The number of para-hydroxylation sites is 2. The lowest BCUT2D eigenvalue weighted by Crippen LogP contribution is -2.08. The first-order valence-electron chi connectivity index (χ1n) is 11.4. The van der Waals surface area contributed by atoms with Crippen LogP contribution in [-0.4, -0.2) is 26.6 Å². The van der Waals surface area contributed by atoms with Crippen molar-refractivity contribution in [2.75, 3.05) is 5.32 Å². The molecule has 2 heterocycles. The molecular weight excluding hydrogens is 422 g/mol. The van der Waals surface area contributed by atoms with Gasteiger partial charge in [-0.05, 0) is 47.2 Å². The normalized spacial score (nSPS) is 11.1. The zero-order valence-electron chi connectivity index (χ0n) is 19.1. The third-order valence-electron chi connectivity index (χ3n) is 5.95. The summed E-state index contributed by atoms with van der Waals surface area (Å²) in [6.45, 7) is 3.64. The van der Waals surface area contributed by atoms with Crippen LogP contribution in [0.5, 0.6) is 0 Å². The summed E-state index contributed by atoms with van der Waals surface area (Å²) in [5.41, 5.74) is 6.75. The molecule has 0 radical (unpaired) electrons. The molecule has 0 bridgehead atoms. The Morgan fingerprint density at radius 1 is 1.03 bits per heavy atom. The van der Waals surface area contributed by atoms with Gasteiger partial charge in [-0.3, -0.25) is 15.2 Å². The van der Waals surface area contributed by atoms with Crippen molar-refractivity contribution in [3.63, 3.8) is 0 Å². The maximum atomic E-state index is 11.7. The van der Waals surface area contributed by atoms with Crippen LogP contribution in [0.4, 0.5) is 5.69 Å². The number of nitrogens with one attached hydrogen (secondary N) is 3. The molecule has 5 rings (SSSR count). The molecule has 0 fully saturated rings. The van der Waals surface area contributed by atoms with Gasteiger partial charge < -0.3 is 10.3 Å². The summed E-state index contributed by atoms with van der Waals surface area (Å²) in [5, 5.41) is 13.8. The van der Waals surface area contributed by atoms with Crippen LogP contribution in [0.15, 0.2) is 73.1 Å². The summed E-state index contributed by atoms with van der Waals surface area (Å²) < 4.78 is 0. The van der Waals surface area contributed by atoms with Crippen LogP contribution in [0.25, 0.3) is 32.9 Å². The zero-order chi connectivity index (χ0) is 23.7. The number of rotatable bonds is 6. The van der Waals surface area contributed by atoms with E-state index in [1.54, 1.807) is 6.20 Å². The Labute approximate surface area is 197 Å². The van der Waals surface area contributed by atoms with Crippen LogP contribution in [0, 0.1) is 5.41 Å². The van der Waals surface area contributed by atoms with Crippen molar-refractivity contribution in [3.05, 3.63) is 90.0 Å². The van der Waals surface area contributed by atoms with Gasteiger partial charge in [0, 0.05) is 35.8 Å². The van der Waals surface area contributed by atoms with Crippen molar-refractivity contribution >= 4 is 39.1 Å². The number of nitrogens with zero attached hydrogens (tertiary/aromatic N) is 2. The highest BCUT2D eigenvalue weighted by atomic mass is 16.1. The zero-order valence-corrected chi connectivity index (χ0v) is 19.1. The molecule has 5 aromatic rings. The molecule has 6 heteroatoms. The van der Waals surface area contributed by atoms with Crippen molar-refractivity contribution in [3.8, 4) is 11.1 Å². The van der Waals surface area contributed by atoms with Gasteiger partial charge in [0.1, 0.15) is 5.71 Å². The number of hydrogen-bond donors (Lipinski definition) is 3. The van der Waals surface area contributed by atoms with Gasteiger partial charge >= 0.3 is 0 Å². The first-order chi connectivity index (χ1) is 16.5. The molecule has 0 aliphatic rings. The van der Waals surface area contributed by atoms with Gasteiger partial charge in [-0.25, -0.2) is 4.98 Å². The maximum Gasteiger partial charge on any atom is 0.221 e. The number of benzene rings is 3. The van der Waals surface area contributed by atoms with E-state index in [-0.39, 0.29) is 5.91 Å². The van der Waals surface area contributed by atoms with Crippen molar-refractivity contribution in [1.82, 2.24) is 15.0 Å². The third-order valence-corrected chi connectivity index (χ3v) is 5.95. The number of imidazole rings is 1. The smallest absolute Gasteiger partial charge is 0.221 e. The largest absolute Gasteiger partial charge is 0.337 e. The van der Waals surface area contributed by atoms with Crippen molar-refractivity contribution in [2.45, 2.75) is 26.7 Å². The minimum Gasteiger partial charge on any atom is -0.337 e. The number of aromatic nitrogens is 3. The molecule has 3 aromatic carbocycles. The molecule has 2 aromatic heterocycles. The second-order valence-electron chi connectivity index (χ2n) is 8.37. The van der Waals surface area contributed by atoms with Crippen LogP contribution in [0.3, 0.4) is 0 Å². The number of carbonyl (C=O) groups is 1. The molecule has 6 nitrogen and oxygen atoms in total. The summed E-state index contributed by atoms with van der Waals surface area (Å²) in [6, 6.07) is 19.9. The Morgan fingerprint density at radius 3 is 2.68 bits per heavy atom. The van der Waals surface area contributed by atoms with Gasteiger partial charge in [-0.2, -0.15) is 0 Å². The van der Waals surface area contributed by atoms with E-state index in [9.17, 15) is 4.79 Å². The van der Waals surface area contributed by atoms with Crippen LogP contribution in [0.1, 0.15) is 37.2 Å². The molecule has 3 N–H and O–H groups in total. The topological polar surface area (TPSA) is 94.5 Å². The number of H-pyrrole nitrogens is 1. The summed E-state index contributed by atoms with van der Waals surface area (Å²) in [5.74, 6) is 0.433. The van der Waals surface area contributed by atoms with Gasteiger partial charge in [0.15, 0.2) is 5.82 Å². The molecule has 0 atom stereocenters. The lowest BCUT2D eigenvalue weighted by atomic mass is 9.92. The van der Waals surface area contributed by atoms with Crippen molar-refractivity contribution < 1.29 is 4.79 Å². The van der Waals surface area contributed by atoms with E-state index in [1.165, 1.54) is 6.92 Å². The Bertz CT molecular complexity index is 1520. The third kappa shape index (κ3) is 3.94. The molecule has 0 aliphatic heterocycles. The van der Waals surface area contributed by atoms with E-state index in [1.807, 2.05) is 48.7 Å². The average molecular weight is 448 g/mol. The Balaban J connectivity index is 1.64. The molecule has 0 unspecified atom stereocenters. The highest BCUT2D eigenvalue weighted by molar-refractivity contribution is 6.12. The van der Waals surface area contributed by atoms with Crippen molar-refractivity contribution in [2.24, 2.45) is 0 Å². The highest BCUT2D eigenvalue weighted by Crippen LogP contribution is 2.33. The summed E-state index contributed by atoms with van der Waals surface area (Å²) >= 11 is 0. The first kappa shape index (κ1) is 21.5. The van der Waals surface area contributed by atoms with Gasteiger partial charge in [-0.1, -0.05) is 49.7 Å². The van der Waals surface area contributed by atoms with E-state index in [0.29, 0.717) is 11.5 Å². The van der Waals surface area contributed by atoms with E-state index >= 15 is 0 Å². The van der Waals surface area contributed by atoms with Gasteiger partial charge in [0.05, 0.1) is 16.7 Å². The molecule has 0 aliphatic carbocycles. The Hall–Kier alpha value is -4.32. The van der Waals surface area contributed by atoms with Gasteiger partial charge in [0.25, 0.3) is 0 Å². The van der Waals surface area contributed by atoms with Crippen LogP contribution < -0.4 is 5.32 Å². The van der Waals surface area contributed by atoms with E-state index in [0.717, 1.165) is 62.6 Å². The fourth-order valence-corrected chi connectivity index (χ4v) is 4.39. The number of amides is 1. The molecule has 1 amide bonds. The Kier molecular flexibility index (Phi) is 5.64. The SMILES string of the molecule is CCCc1ccc(-c2cncc3c(NC(C)=O)cccc23)cc1C(=N)c1nc2ccccc2[nH]1. The minimum absolute atomic E-state index is 0.122. The monoisotopic (exact) mass is 447 g/mol. The van der Waals surface area contributed by atoms with Crippen molar-refractivity contribution in [1.29, 1.82) is 5.41 Å². The predicted molar refractivity (Wildman–Crippen MR) is 138 cm³/mol. The summed E-state index contributed by atoms with van der Waals surface area (Å²) in [4.78, 5) is 24.1. The standard InChI is InChI=1S/C28H25N5O/c1-3-7-18-12-13-19(14-21(18)27(29)28-32-25-9-4-5-10-26(25)33-28)22-15-30-16-23-20(22)8-6-11-24(23)31-17(2)34/h4-6,8-16,29H,3,7H2,1-2H3,(H,31,34)(H,32,33). The lowest BCUT2D eigenvalue weighted by Gasteiger charge is -2.14. The van der Waals surface area contributed by atoms with E-state index in [2.05, 4.69) is 45.4 Å². The van der Waals surface area contributed by atoms with Gasteiger partial charge in [-0.15, -0.1) is 0 Å². The van der Waals surface area contributed by atoms with Gasteiger partial charge in [0.2, 0.25) is 5.91 Å². The number of hydrogen-bond acceptors (Lipinski definition) is 4. The summed E-state index contributed by atoms with van der Waals surface area (Å²) in [6.07, 6.45) is 5.46. The fraction of sp³-hybridized carbons (Fsp3) is 0.143. The van der Waals surface area contributed by atoms with E-state index < -0.39 is 0 Å². The molecule has 34 heavy (non-hydrogen) atoms. The van der Waals surface area contributed by atoms with E-state index in [4.69, 9.17) is 5.41 Å². The van der Waals surface area contributed by atoms with Crippen LogP contribution in [-0.2, 0) is 11.2 Å². The molecule has 0 saturated carbocycles. The van der Waals surface area contributed by atoms with Crippen LogP contribution in [0.2, 0.25) is 0 Å². The predicted octanol–water partition coefficient (Wildman–Crippen LogP) is 6.11. The summed E-state index contributed by atoms with van der Waals surface area (Å²) in [7, 11) is 0. The number of fused-ring (bicyclic) bond motifs is 2. The molecular formula is C28H25N5O. The molecule has 0 spiro atoms. The fourth-order valence-electron chi connectivity index (χ4n) is 4.39. The number of pyridine rings is 1. The maximum absolute atomic E-state index is 11.7. The second kappa shape index (κ2) is 8.90. The number of aromatic amines is 1. The average Bonchev–Trinajstić information content (AvgIpc) is 3.28. The lowest BCUT2D eigenvalue weighted by molar-refractivity contribution is -0.114. The quantitative estimate of drug-likeness (QED) is 0.274. The number of aryl methyl sites for hydroxylation is 1. The second-order valence-corrected chi connectivity index (χ2v) is 8.37. The minimum atomic E-state index is -0.122.